The molecule has 0 unspecified atom stereocenters. The molecule has 0 bridgehead atoms. The van der Waals surface area contributed by atoms with E-state index in [0.29, 0.717) is 11.7 Å². The number of hydrogen-bond donors (Lipinski definition) is 2. The molecule has 1 aromatic carbocycles. The molecule has 4 nitrogen and oxygen atoms in total. The first-order valence-corrected chi connectivity index (χ1v) is 8.00. The zero-order valence-corrected chi connectivity index (χ0v) is 13.6. The predicted molar refractivity (Wildman–Crippen MR) is 85.0 cm³/mol. The number of nitrogens with zero attached hydrogens (tertiary/aromatic N) is 1. The van der Waals surface area contributed by atoms with E-state index in [2.05, 4.69) is 32.8 Å². The molecule has 0 saturated heterocycles. The van der Waals surface area contributed by atoms with Crippen LogP contribution in [0.4, 0.5) is 0 Å². The summed E-state index contributed by atoms with van der Waals surface area (Å²) < 4.78 is 0.976. The summed E-state index contributed by atoms with van der Waals surface area (Å²) in [5.41, 5.74) is 7.48. The van der Waals surface area contributed by atoms with E-state index in [1.165, 1.54) is 11.8 Å². The van der Waals surface area contributed by atoms with Crippen molar-refractivity contribution in [1.82, 2.24) is 9.97 Å². The Labute approximate surface area is 130 Å². The smallest absolute Gasteiger partial charge is 0.251 e. The van der Waals surface area contributed by atoms with Crippen molar-refractivity contribution in [3.8, 4) is 0 Å². The number of benzene rings is 1. The maximum Gasteiger partial charge on any atom is 0.251 e. The van der Waals surface area contributed by atoms with Crippen LogP contribution >= 0.6 is 27.7 Å². The molecule has 0 radical (unpaired) electrons. The molecule has 2 aromatic rings. The lowest BCUT2D eigenvalue weighted by atomic mass is 10.2. The molecule has 1 heterocycles. The Kier molecular flexibility index (Phi) is 5.39. The molecule has 0 aliphatic rings. The van der Waals surface area contributed by atoms with E-state index in [4.69, 9.17) is 5.73 Å². The monoisotopic (exact) mass is 353 g/mol. The summed E-state index contributed by atoms with van der Waals surface area (Å²) in [5, 5.41) is 0.605. The highest BCUT2D eigenvalue weighted by molar-refractivity contribution is 9.10. The van der Waals surface area contributed by atoms with Crippen LogP contribution in [0, 0.1) is 0 Å². The van der Waals surface area contributed by atoms with Gasteiger partial charge in [0.2, 0.25) is 0 Å². The third-order valence-electron chi connectivity index (χ3n) is 2.73. The second kappa shape index (κ2) is 7.06. The van der Waals surface area contributed by atoms with E-state index in [1.807, 2.05) is 18.2 Å². The van der Waals surface area contributed by atoms with Gasteiger partial charge < -0.3 is 10.7 Å². The standard InChI is InChI=1S/C14H16BrN3OS/c1-2-3-11-7-13(19)18-14(17-11)20-12-6-10(15)5-4-9(12)8-16/h4-7H,2-3,8,16H2,1H3,(H,17,18,19). The Balaban J connectivity index is 2.34. The minimum atomic E-state index is -0.116. The van der Waals surface area contributed by atoms with Gasteiger partial charge in [-0.05, 0) is 24.1 Å². The van der Waals surface area contributed by atoms with Crippen molar-refractivity contribution < 1.29 is 0 Å². The number of aryl methyl sites for hydroxylation is 1. The van der Waals surface area contributed by atoms with Gasteiger partial charge in [0.25, 0.3) is 5.56 Å². The molecule has 0 aliphatic heterocycles. The van der Waals surface area contributed by atoms with Crippen molar-refractivity contribution in [2.75, 3.05) is 0 Å². The van der Waals surface area contributed by atoms with Gasteiger partial charge in [-0.15, -0.1) is 0 Å². The predicted octanol–water partition coefficient (Wildman–Crippen LogP) is 3.09. The maximum absolute atomic E-state index is 11.7. The fourth-order valence-corrected chi connectivity index (χ4v) is 3.32. The lowest BCUT2D eigenvalue weighted by Crippen LogP contribution is -2.10. The lowest BCUT2D eigenvalue weighted by molar-refractivity contribution is 0.815. The van der Waals surface area contributed by atoms with E-state index in [1.54, 1.807) is 6.07 Å². The van der Waals surface area contributed by atoms with Gasteiger partial charge in [0.1, 0.15) is 0 Å². The third kappa shape index (κ3) is 3.94. The van der Waals surface area contributed by atoms with Crippen LogP contribution in [-0.4, -0.2) is 9.97 Å². The van der Waals surface area contributed by atoms with E-state index in [-0.39, 0.29) is 5.56 Å². The highest BCUT2D eigenvalue weighted by Crippen LogP contribution is 2.30. The fourth-order valence-electron chi connectivity index (χ4n) is 1.81. The van der Waals surface area contributed by atoms with Crippen LogP contribution in [0.1, 0.15) is 24.6 Å². The molecule has 106 valence electrons. The van der Waals surface area contributed by atoms with Crippen molar-refractivity contribution in [3.05, 3.63) is 50.3 Å². The third-order valence-corrected chi connectivity index (χ3v) is 4.21. The number of aromatic amines is 1. The maximum atomic E-state index is 11.7. The summed E-state index contributed by atoms with van der Waals surface area (Å²) in [6.07, 6.45) is 1.77. The molecule has 6 heteroatoms. The first-order chi connectivity index (χ1) is 9.62. The molecule has 0 saturated carbocycles. The van der Waals surface area contributed by atoms with E-state index in [0.717, 1.165) is 33.5 Å². The van der Waals surface area contributed by atoms with E-state index >= 15 is 0 Å². The van der Waals surface area contributed by atoms with E-state index in [9.17, 15) is 4.79 Å². The Morgan fingerprint density at radius 2 is 2.20 bits per heavy atom. The summed E-state index contributed by atoms with van der Waals surface area (Å²) >= 11 is 4.88. The normalized spacial score (nSPS) is 10.8. The number of nitrogens with two attached hydrogens (primary N) is 1. The first-order valence-electron chi connectivity index (χ1n) is 6.39. The van der Waals surface area contributed by atoms with E-state index < -0.39 is 0 Å². The van der Waals surface area contributed by atoms with Crippen LogP contribution in [-0.2, 0) is 13.0 Å². The summed E-state index contributed by atoms with van der Waals surface area (Å²) in [5.74, 6) is 0. The number of aromatic nitrogens is 2. The second-order valence-corrected chi connectivity index (χ2v) is 6.30. The molecular formula is C14H16BrN3OS. The zero-order valence-electron chi connectivity index (χ0n) is 11.1. The highest BCUT2D eigenvalue weighted by atomic mass is 79.9. The van der Waals surface area contributed by atoms with Gasteiger partial charge in [0.05, 0.1) is 0 Å². The molecule has 0 aliphatic carbocycles. The molecular weight excluding hydrogens is 338 g/mol. The number of hydrogen-bond acceptors (Lipinski definition) is 4. The van der Waals surface area contributed by atoms with Crippen molar-refractivity contribution >= 4 is 27.7 Å². The van der Waals surface area contributed by atoms with Crippen LogP contribution in [0.15, 0.2) is 43.6 Å². The quantitative estimate of drug-likeness (QED) is 0.810. The number of H-pyrrole nitrogens is 1. The van der Waals surface area contributed by atoms with Gasteiger partial charge in [-0.2, -0.15) is 0 Å². The molecule has 1 aromatic heterocycles. The molecule has 2 rings (SSSR count). The van der Waals surface area contributed by atoms with Gasteiger partial charge in [-0.3, -0.25) is 4.79 Å². The largest absolute Gasteiger partial charge is 0.326 e. The minimum Gasteiger partial charge on any atom is -0.326 e. The van der Waals surface area contributed by atoms with Crippen LogP contribution in [0.3, 0.4) is 0 Å². The summed E-state index contributed by atoms with van der Waals surface area (Å²) in [4.78, 5) is 19.9. The van der Waals surface area contributed by atoms with Gasteiger partial charge in [0, 0.05) is 27.7 Å². The molecule has 20 heavy (non-hydrogen) atoms. The SMILES string of the molecule is CCCc1cc(=O)[nH]c(Sc2cc(Br)ccc2CN)n1. The van der Waals surface area contributed by atoms with Crippen molar-refractivity contribution in [1.29, 1.82) is 0 Å². The summed E-state index contributed by atoms with van der Waals surface area (Å²) in [7, 11) is 0. The van der Waals surface area contributed by atoms with Crippen molar-refractivity contribution in [2.24, 2.45) is 5.73 Å². The number of rotatable bonds is 5. The summed E-state index contributed by atoms with van der Waals surface area (Å²) in [6.45, 7) is 2.52. The molecule has 3 N–H and O–H groups in total. The molecule has 0 fully saturated rings. The van der Waals surface area contributed by atoms with Crippen molar-refractivity contribution in [3.63, 3.8) is 0 Å². The van der Waals surface area contributed by atoms with Gasteiger partial charge in [-0.25, -0.2) is 4.98 Å². The molecule has 0 amide bonds. The topological polar surface area (TPSA) is 71.8 Å². The average molecular weight is 354 g/mol. The van der Waals surface area contributed by atoms with Crippen molar-refractivity contribution in [2.45, 2.75) is 36.4 Å². The van der Waals surface area contributed by atoms with Crippen LogP contribution in [0.25, 0.3) is 0 Å². The Morgan fingerprint density at radius 3 is 2.90 bits per heavy atom. The average Bonchev–Trinajstić information content (AvgIpc) is 2.38. The highest BCUT2D eigenvalue weighted by Gasteiger charge is 2.07. The molecule has 0 spiro atoms. The van der Waals surface area contributed by atoms with Gasteiger partial charge in [-0.1, -0.05) is 47.1 Å². The Bertz CT molecular complexity index is 657. The minimum absolute atomic E-state index is 0.116. The second-order valence-electron chi connectivity index (χ2n) is 4.35. The van der Waals surface area contributed by atoms with Crippen LogP contribution < -0.4 is 11.3 Å². The van der Waals surface area contributed by atoms with Gasteiger partial charge in [0.15, 0.2) is 5.16 Å². The van der Waals surface area contributed by atoms with Crippen LogP contribution in [0.5, 0.6) is 0 Å². The Morgan fingerprint density at radius 1 is 1.40 bits per heavy atom. The first kappa shape index (κ1) is 15.3. The summed E-state index contributed by atoms with van der Waals surface area (Å²) in [6, 6.07) is 7.47. The fraction of sp³-hybridized carbons (Fsp3) is 0.286. The van der Waals surface area contributed by atoms with Crippen LogP contribution in [0.2, 0.25) is 0 Å². The Hall–Kier alpha value is -1.11. The molecule has 0 atom stereocenters. The number of halogens is 1. The zero-order chi connectivity index (χ0) is 14.5. The lowest BCUT2D eigenvalue weighted by Gasteiger charge is -2.08. The van der Waals surface area contributed by atoms with Gasteiger partial charge >= 0.3 is 0 Å². The number of nitrogens with one attached hydrogen (secondary N) is 1.